The van der Waals surface area contributed by atoms with Gasteiger partial charge in [-0.15, -0.1) is 0 Å². The van der Waals surface area contributed by atoms with E-state index in [2.05, 4.69) is 10.6 Å². The number of carbonyl (C=O) groups is 1. The van der Waals surface area contributed by atoms with Crippen molar-refractivity contribution in [3.63, 3.8) is 0 Å². The highest BCUT2D eigenvalue weighted by molar-refractivity contribution is 6.31. The van der Waals surface area contributed by atoms with E-state index in [9.17, 15) is 4.79 Å². The van der Waals surface area contributed by atoms with E-state index in [4.69, 9.17) is 16.3 Å². The maximum absolute atomic E-state index is 11.9. The van der Waals surface area contributed by atoms with Gasteiger partial charge in [0.25, 0.3) is 0 Å². The molecule has 2 N–H and O–H groups in total. The molecule has 0 saturated carbocycles. The molecule has 1 rings (SSSR count). The van der Waals surface area contributed by atoms with E-state index in [0.717, 1.165) is 17.7 Å². The van der Waals surface area contributed by atoms with Crippen molar-refractivity contribution in [2.45, 2.75) is 26.3 Å². The van der Waals surface area contributed by atoms with Gasteiger partial charge >= 0.3 is 0 Å². The Labute approximate surface area is 119 Å². The predicted octanol–water partition coefficient (Wildman–Crippen LogP) is 2.60. The highest BCUT2D eigenvalue weighted by Crippen LogP contribution is 2.23. The minimum absolute atomic E-state index is 0.0320. The van der Waals surface area contributed by atoms with Crippen LogP contribution in [-0.2, 0) is 9.53 Å². The summed E-state index contributed by atoms with van der Waals surface area (Å²) in [4.78, 5) is 11.9. The number of benzene rings is 1. The monoisotopic (exact) mass is 284 g/mol. The van der Waals surface area contributed by atoms with Gasteiger partial charge < -0.3 is 15.4 Å². The van der Waals surface area contributed by atoms with Crippen LogP contribution in [0.15, 0.2) is 18.2 Å². The molecule has 0 aromatic heterocycles. The molecule has 1 unspecified atom stereocenters. The van der Waals surface area contributed by atoms with E-state index in [-0.39, 0.29) is 11.9 Å². The van der Waals surface area contributed by atoms with Crippen LogP contribution in [0.2, 0.25) is 5.02 Å². The van der Waals surface area contributed by atoms with Crippen LogP contribution in [0, 0.1) is 6.92 Å². The Morgan fingerprint density at radius 3 is 2.89 bits per heavy atom. The molecule has 1 amide bonds. The first-order valence-electron chi connectivity index (χ1n) is 6.34. The molecule has 106 valence electrons. The first kappa shape index (κ1) is 15.8. The van der Waals surface area contributed by atoms with E-state index < -0.39 is 0 Å². The summed E-state index contributed by atoms with van der Waals surface area (Å²) in [6, 6.07) is 5.30. The average molecular weight is 285 g/mol. The third-order valence-corrected chi connectivity index (χ3v) is 3.27. The normalized spacial score (nSPS) is 12.0. The lowest BCUT2D eigenvalue weighted by atomic mass is 10.2. The number of amides is 1. The molecule has 0 bridgehead atoms. The highest BCUT2D eigenvalue weighted by Gasteiger charge is 2.13. The van der Waals surface area contributed by atoms with E-state index >= 15 is 0 Å². The molecule has 0 radical (unpaired) electrons. The maximum atomic E-state index is 11.9. The van der Waals surface area contributed by atoms with Crippen molar-refractivity contribution < 1.29 is 9.53 Å². The van der Waals surface area contributed by atoms with Gasteiger partial charge in [-0.1, -0.05) is 17.7 Å². The largest absolute Gasteiger partial charge is 0.385 e. The molecule has 0 heterocycles. The molecular formula is C14H21ClN2O2. The quantitative estimate of drug-likeness (QED) is 0.757. The number of methoxy groups -OCH3 is 1. The first-order valence-corrected chi connectivity index (χ1v) is 6.72. The van der Waals surface area contributed by atoms with Crippen molar-refractivity contribution in [3.8, 4) is 0 Å². The van der Waals surface area contributed by atoms with Gasteiger partial charge in [0, 0.05) is 31.0 Å². The topological polar surface area (TPSA) is 50.4 Å². The van der Waals surface area contributed by atoms with Gasteiger partial charge in [-0.05, 0) is 38.0 Å². The molecule has 1 atom stereocenters. The van der Waals surface area contributed by atoms with Crippen LogP contribution in [0.4, 0.5) is 5.69 Å². The second-order valence-electron chi connectivity index (χ2n) is 4.42. The summed E-state index contributed by atoms with van der Waals surface area (Å²) < 4.78 is 4.93. The molecule has 1 aromatic rings. The SMILES string of the molecule is COCCCNC(=O)C(C)Nc1cccc(Cl)c1C. The molecular weight excluding hydrogens is 264 g/mol. The van der Waals surface area contributed by atoms with Gasteiger partial charge in [0.2, 0.25) is 5.91 Å². The fourth-order valence-electron chi connectivity index (χ4n) is 1.64. The summed E-state index contributed by atoms with van der Waals surface area (Å²) in [6.45, 7) is 5.02. The number of ether oxygens (including phenoxy) is 1. The molecule has 0 spiro atoms. The van der Waals surface area contributed by atoms with Gasteiger partial charge in [-0.3, -0.25) is 4.79 Å². The smallest absolute Gasteiger partial charge is 0.242 e. The maximum Gasteiger partial charge on any atom is 0.242 e. The first-order chi connectivity index (χ1) is 9.06. The van der Waals surface area contributed by atoms with Gasteiger partial charge in [-0.25, -0.2) is 0 Å². The second kappa shape index (κ2) is 8.02. The summed E-state index contributed by atoms with van der Waals surface area (Å²) in [5.41, 5.74) is 1.83. The van der Waals surface area contributed by atoms with Gasteiger partial charge in [0.15, 0.2) is 0 Å². The zero-order valence-electron chi connectivity index (χ0n) is 11.6. The number of hydrogen-bond donors (Lipinski definition) is 2. The third-order valence-electron chi connectivity index (χ3n) is 2.86. The zero-order valence-corrected chi connectivity index (χ0v) is 12.4. The third kappa shape index (κ3) is 5.09. The van der Waals surface area contributed by atoms with Crippen molar-refractivity contribution in [1.82, 2.24) is 5.32 Å². The van der Waals surface area contributed by atoms with Crippen LogP contribution in [-0.4, -0.2) is 32.2 Å². The van der Waals surface area contributed by atoms with Crippen LogP contribution in [0.5, 0.6) is 0 Å². The fraction of sp³-hybridized carbons (Fsp3) is 0.500. The average Bonchev–Trinajstić information content (AvgIpc) is 2.39. The van der Waals surface area contributed by atoms with Crippen molar-refractivity contribution in [2.75, 3.05) is 25.6 Å². The minimum Gasteiger partial charge on any atom is -0.385 e. The fourth-order valence-corrected chi connectivity index (χ4v) is 1.82. The second-order valence-corrected chi connectivity index (χ2v) is 4.82. The number of rotatable bonds is 7. The standard InChI is InChI=1S/C14H21ClN2O2/c1-10-12(15)6-4-7-13(10)17-11(2)14(18)16-8-5-9-19-3/h4,6-7,11,17H,5,8-9H2,1-3H3,(H,16,18). The molecule has 0 aliphatic heterocycles. The van der Waals surface area contributed by atoms with E-state index in [0.29, 0.717) is 18.2 Å². The summed E-state index contributed by atoms with van der Waals surface area (Å²) in [7, 11) is 1.65. The molecule has 5 heteroatoms. The van der Waals surface area contributed by atoms with Gasteiger partial charge in [0.05, 0.1) is 0 Å². The van der Waals surface area contributed by atoms with E-state index in [1.165, 1.54) is 0 Å². The molecule has 0 saturated heterocycles. The molecule has 4 nitrogen and oxygen atoms in total. The Morgan fingerprint density at radius 2 is 2.21 bits per heavy atom. The Morgan fingerprint density at radius 1 is 1.47 bits per heavy atom. The Bertz CT molecular complexity index is 424. The number of nitrogens with one attached hydrogen (secondary N) is 2. The van der Waals surface area contributed by atoms with E-state index in [1.54, 1.807) is 7.11 Å². The van der Waals surface area contributed by atoms with Crippen molar-refractivity contribution in [2.24, 2.45) is 0 Å². The van der Waals surface area contributed by atoms with E-state index in [1.807, 2.05) is 32.0 Å². The number of halogens is 1. The molecule has 19 heavy (non-hydrogen) atoms. The zero-order chi connectivity index (χ0) is 14.3. The summed E-state index contributed by atoms with van der Waals surface area (Å²) >= 11 is 6.04. The predicted molar refractivity (Wildman–Crippen MR) is 78.8 cm³/mol. The van der Waals surface area contributed by atoms with Gasteiger partial charge in [-0.2, -0.15) is 0 Å². The summed E-state index contributed by atoms with van der Waals surface area (Å²) in [5.74, 6) is -0.0320. The number of hydrogen-bond acceptors (Lipinski definition) is 3. The molecule has 0 fully saturated rings. The number of anilines is 1. The minimum atomic E-state index is -0.306. The summed E-state index contributed by atoms with van der Waals surface area (Å²) in [5, 5.41) is 6.71. The highest BCUT2D eigenvalue weighted by atomic mass is 35.5. The lowest BCUT2D eigenvalue weighted by Crippen LogP contribution is -2.38. The Hall–Kier alpha value is -1.26. The van der Waals surface area contributed by atoms with Crippen LogP contribution in [0.25, 0.3) is 0 Å². The van der Waals surface area contributed by atoms with Crippen LogP contribution < -0.4 is 10.6 Å². The van der Waals surface area contributed by atoms with Crippen LogP contribution >= 0.6 is 11.6 Å². The van der Waals surface area contributed by atoms with Crippen LogP contribution in [0.3, 0.4) is 0 Å². The van der Waals surface area contributed by atoms with Crippen molar-refractivity contribution in [1.29, 1.82) is 0 Å². The lowest BCUT2D eigenvalue weighted by Gasteiger charge is -2.17. The Balaban J connectivity index is 2.47. The molecule has 1 aromatic carbocycles. The molecule has 0 aliphatic rings. The van der Waals surface area contributed by atoms with Crippen molar-refractivity contribution in [3.05, 3.63) is 28.8 Å². The van der Waals surface area contributed by atoms with Crippen LogP contribution in [0.1, 0.15) is 18.9 Å². The number of carbonyl (C=O) groups excluding carboxylic acids is 1. The lowest BCUT2D eigenvalue weighted by molar-refractivity contribution is -0.121. The Kier molecular flexibility index (Phi) is 6.67. The van der Waals surface area contributed by atoms with Gasteiger partial charge in [0.1, 0.15) is 6.04 Å². The van der Waals surface area contributed by atoms with Crippen molar-refractivity contribution >= 4 is 23.2 Å². The summed E-state index contributed by atoms with van der Waals surface area (Å²) in [6.07, 6.45) is 0.811. The molecule has 0 aliphatic carbocycles.